The lowest BCUT2D eigenvalue weighted by Gasteiger charge is -2.19. The number of nitrogens with one attached hydrogen (secondary N) is 1. The van der Waals surface area contributed by atoms with Crippen molar-refractivity contribution in [2.45, 2.75) is 25.5 Å². The molecule has 0 aromatic rings. The van der Waals surface area contributed by atoms with Crippen LogP contribution >= 0.6 is 0 Å². The molecule has 0 bridgehead atoms. The van der Waals surface area contributed by atoms with Gasteiger partial charge < -0.3 is 11.1 Å². The van der Waals surface area contributed by atoms with Crippen molar-refractivity contribution < 1.29 is 8.42 Å². The van der Waals surface area contributed by atoms with Crippen molar-refractivity contribution in [3.05, 3.63) is 0 Å². The molecule has 0 fully saturated rings. The first-order valence-corrected chi connectivity index (χ1v) is 6.09. The molecule has 0 aliphatic heterocycles. The average molecular weight is 208 g/mol. The smallest absolute Gasteiger partial charge is 0.156 e. The van der Waals surface area contributed by atoms with E-state index in [0.717, 1.165) is 0 Å². The standard InChI is InChI=1S/C8H20N2O2S/c1-8(2,3)13(11,12)7-6-10-5-4-9/h10H,4-7,9H2,1-3H3. The molecule has 0 aliphatic rings. The van der Waals surface area contributed by atoms with Crippen LogP contribution in [0.2, 0.25) is 0 Å². The van der Waals surface area contributed by atoms with Crippen LogP contribution in [-0.4, -0.2) is 38.6 Å². The molecule has 0 spiro atoms. The van der Waals surface area contributed by atoms with Gasteiger partial charge in [0.15, 0.2) is 9.84 Å². The Hall–Kier alpha value is -0.130. The molecule has 0 heterocycles. The van der Waals surface area contributed by atoms with Gasteiger partial charge in [-0.25, -0.2) is 8.42 Å². The molecule has 0 radical (unpaired) electrons. The van der Waals surface area contributed by atoms with E-state index in [2.05, 4.69) is 5.32 Å². The summed E-state index contributed by atoms with van der Waals surface area (Å²) in [5, 5.41) is 2.96. The second kappa shape index (κ2) is 4.93. The van der Waals surface area contributed by atoms with E-state index in [4.69, 9.17) is 5.73 Å². The lowest BCUT2D eigenvalue weighted by Crippen LogP contribution is -2.35. The minimum atomic E-state index is -2.98. The zero-order chi connectivity index (χ0) is 10.5. The lowest BCUT2D eigenvalue weighted by molar-refractivity contribution is 0.556. The summed E-state index contributed by atoms with van der Waals surface area (Å²) in [5.74, 6) is 0.177. The maximum Gasteiger partial charge on any atom is 0.156 e. The molecule has 4 nitrogen and oxygen atoms in total. The Labute approximate surface area is 80.8 Å². The van der Waals surface area contributed by atoms with Crippen LogP contribution in [0.25, 0.3) is 0 Å². The molecule has 0 amide bonds. The summed E-state index contributed by atoms with van der Waals surface area (Å²) in [6.45, 7) is 6.83. The SMILES string of the molecule is CC(C)(C)S(=O)(=O)CCNCCN. The first kappa shape index (κ1) is 12.9. The van der Waals surface area contributed by atoms with E-state index in [9.17, 15) is 8.42 Å². The van der Waals surface area contributed by atoms with Gasteiger partial charge in [0, 0.05) is 19.6 Å². The average Bonchev–Trinajstić information content (AvgIpc) is 1.96. The second-order valence-corrected chi connectivity index (χ2v) is 6.83. The Bertz CT molecular complexity index is 229. The van der Waals surface area contributed by atoms with Crippen molar-refractivity contribution in [1.82, 2.24) is 5.32 Å². The molecule has 80 valence electrons. The predicted molar refractivity (Wildman–Crippen MR) is 55.5 cm³/mol. The van der Waals surface area contributed by atoms with Crippen LogP contribution in [0.1, 0.15) is 20.8 Å². The van der Waals surface area contributed by atoms with Gasteiger partial charge in [-0.05, 0) is 20.8 Å². The normalized spacial score (nSPS) is 13.2. The van der Waals surface area contributed by atoms with Crippen molar-refractivity contribution in [1.29, 1.82) is 0 Å². The Morgan fingerprint density at radius 3 is 2.15 bits per heavy atom. The topological polar surface area (TPSA) is 72.2 Å². The first-order chi connectivity index (χ1) is 5.81. The molecule has 0 saturated heterocycles. The Kier molecular flexibility index (Phi) is 4.88. The first-order valence-electron chi connectivity index (χ1n) is 4.44. The predicted octanol–water partition coefficient (Wildman–Crippen LogP) is -0.252. The number of hydrogen-bond donors (Lipinski definition) is 2. The fourth-order valence-electron chi connectivity index (χ4n) is 0.740. The van der Waals surface area contributed by atoms with Gasteiger partial charge in [0.05, 0.1) is 10.5 Å². The highest BCUT2D eigenvalue weighted by Crippen LogP contribution is 2.14. The second-order valence-electron chi connectivity index (χ2n) is 3.97. The Morgan fingerprint density at radius 2 is 1.77 bits per heavy atom. The zero-order valence-electron chi connectivity index (χ0n) is 8.63. The van der Waals surface area contributed by atoms with Crippen LogP contribution in [0.15, 0.2) is 0 Å². The van der Waals surface area contributed by atoms with Crippen LogP contribution in [0.5, 0.6) is 0 Å². The van der Waals surface area contributed by atoms with Crippen LogP contribution in [0.3, 0.4) is 0 Å². The maximum atomic E-state index is 11.5. The van der Waals surface area contributed by atoms with Gasteiger partial charge in [0.25, 0.3) is 0 Å². The fourth-order valence-corrected chi connectivity index (χ4v) is 1.77. The van der Waals surface area contributed by atoms with Crippen LogP contribution < -0.4 is 11.1 Å². The van der Waals surface area contributed by atoms with Gasteiger partial charge >= 0.3 is 0 Å². The summed E-state index contributed by atoms with van der Waals surface area (Å²) in [6.07, 6.45) is 0. The van der Waals surface area contributed by atoms with Crippen LogP contribution in [-0.2, 0) is 9.84 Å². The summed E-state index contributed by atoms with van der Waals surface area (Å²) in [5.41, 5.74) is 5.25. The zero-order valence-corrected chi connectivity index (χ0v) is 9.45. The van der Waals surface area contributed by atoms with E-state index in [-0.39, 0.29) is 5.75 Å². The van der Waals surface area contributed by atoms with Crippen molar-refractivity contribution in [2.24, 2.45) is 5.73 Å². The van der Waals surface area contributed by atoms with Gasteiger partial charge in [-0.15, -0.1) is 0 Å². The summed E-state index contributed by atoms with van der Waals surface area (Å²) < 4.78 is 22.4. The largest absolute Gasteiger partial charge is 0.329 e. The minimum Gasteiger partial charge on any atom is -0.329 e. The lowest BCUT2D eigenvalue weighted by atomic mass is 10.3. The number of hydrogen-bond acceptors (Lipinski definition) is 4. The number of rotatable bonds is 5. The molecular formula is C8H20N2O2S. The van der Waals surface area contributed by atoms with Gasteiger partial charge in [-0.1, -0.05) is 0 Å². The molecule has 0 unspecified atom stereocenters. The van der Waals surface area contributed by atoms with Gasteiger partial charge in [0.2, 0.25) is 0 Å². The van der Waals surface area contributed by atoms with Gasteiger partial charge in [-0.3, -0.25) is 0 Å². The van der Waals surface area contributed by atoms with E-state index in [0.29, 0.717) is 19.6 Å². The van der Waals surface area contributed by atoms with E-state index < -0.39 is 14.6 Å². The number of nitrogens with two attached hydrogens (primary N) is 1. The summed E-state index contributed by atoms with van der Waals surface area (Å²) in [7, 11) is -2.98. The molecule has 0 atom stereocenters. The number of sulfone groups is 1. The molecule has 3 N–H and O–H groups in total. The van der Waals surface area contributed by atoms with Gasteiger partial charge in [0.1, 0.15) is 0 Å². The summed E-state index contributed by atoms with van der Waals surface area (Å²) >= 11 is 0. The van der Waals surface area contributed by atoms with E-state index in [1.807, 2.05) is 0 Å². The van der Waals surface area contributed by atoms with Crippen molar-refractivity contribution >= 4 is 9.84 Å². The molecule has 0 saturated carbocycles. The Balaban J connectivity index is 3.92. The fraction of sp³-hybridized carbons (Fsp3) is 1.00. The van der Waals surface area contributed by atoms with E-state index >= 15 is 0 Å². The van der Waals surface area contributed by atoms with Crippen LogP contribution in [0, 0.1) is 0 Å². The van der Waals surface area contributed by atoms with Crippen LogP contribution in [0.4, 0.5) is 0 Å². The third-order valence-corrected chi connectivity index (χ3v) is 4.41. The molecule has 0 rings (SSSR count). The summed E-state index contributed by atoms with van der Waals surface area (Å²) in [6, 6.07) is 0. The molecule has 13 heavy (non-hydrogen) atoms. The highest BCUT2D eigenvalue weighted by Gasteiger charge is 2.27. The van der Waals surface area contributed by atoms with Gasteiger partial charge in [-0.2, -0.15) is 0 Å². The third kappa shape index (κ3) is 4.59. The summed E-state index contributed by atoms with van der Waals surface area (Å²) in [4.78, 5) is 0. The van der Waals surface area contributed by atoms with E-state index in [1.165, 1.54) is 0 Å². The molecule has 0 aromatic carbocycles. The maximum absolute atomic E-state index is 11.5. The molecule has 0 aliphatic carbocycles. The van der Waals surface area contributed by atoms with Crippen molar-refractivity contribution in [3.63, 3.8) is 0 Å². The minimum absolute atomic E-state index is 0.177. The monoisotopic (exact) mass is 208 g/mol. The highest BCUT2D eigenvalue weighted by atomic mass is 32.2. The Morgan fingerprint density at radius 1 is 1.23 bits per heavy atom. The highest BCUT2D eigenvalue weighted by molar-refractivity contribution is 7.92. The molecule has 5 heteroatoms. The molecular weight excluding hydrogens is 188 g/mol. The quantitative estimate of drug-likeness (QED) is 0.611. The van der Waals surface area contributed by atoms with Crippen molar-refractivity contribution in [3.8, 4) is 0 Å². The third-order valence-electron chi connectivity index (χ3n) is 1.80. The van der Waals surface area contributed by atoms with Crippen molar-refractivity contribution in [2.75, 3.05) is 25.4 Å². The van der Waals surface area contributed by atoms with E-state index in [1.54, 1.807) is 20.8 Å². The molecule has 0 aromatic heterocycles.